The molecule has 222 valence electrons. The van der Waals surface area contributed by atoms with Crippen LogP contribution in [0.5, 0.6) is 5.75 Å². The van der Waals surface area contributed by atoms with E-state index in [4.69, 9.17) is 9.47 Å². The highest BCUT2D eigenvalue weighted by molar-refractivity contribution is 6.04. The van der Waals surface area contributed by atoms with Gasteiger partial charge in [-0.2, -0.15) is 0 Å². The normalized spacial score (nSPS) is 15.7. The minimum atomic E-state index is -0.365. The summed E-state index contributed by atoms with van der Waals surface area (Å²) in [5, 5.41) is 8.84. The second kappa shape index (κ2) is 14.1. The van der Waals surface area contributed by atoms with Crippen LogP contribution in [0.15, 0.2) is 66.7 Å². The number of anilines is 4. The summed E-state index contributed by atoms with van der Waals surface area (Å²) in [4.78, 5) is 33.1. The molecule has 3 aromatic carbocycles. The number of hydrogen-bond acceptors (Lipinski definition) is 7. The number of rotatable bonds is 9. The van der Waals surface area contributed by atoms with E-state index in [-0.39, 0.29) is 11.9 Å². The van der Waals surface area contributed by atoms with Gasteiger partial charge in [-0.15, -0.1) is 0 Å². The fourth-order valence-electron chi connectivity index (χ4n) is 5.33. The SMILES string of the molecule is COc1ccccc1N1CCN(c2ccc(NC(=O)Nc3ccc(C)cc3)cc2C(=O)NCCN2CCOCC2)CC1. The van der Waals surface area contributed by atoms with Crippen molar-refractivity contribution < 1.29 is 19.1 Å². The molecular formula is C32H40N6O4. The number of hydrogen-bond donors (Lipinski definition) is 3. The number of benzene rings is 3. The molecule has 0 aromatic heterocycles. The van der Waals surface area contributed by atoms with E-state index in [9.17, 15) is 9.59 Å². The fraction of sp³-hybridized carbons (Fsp3) is 0.375. The zero-order valence-corrected chi connectivity index (χ0v) is 24.4. The molecule has 5 rings (SSSR count). The summed E-state index contributed by atoms with van der Waals surface area (Å²) in [5.41, 5.74) is 4.82. The van der Waals surface area contributed by atoms with Crippen LogP contribution >= 0.6 is 0 Å². The Hall–Kier alpha value is -4.28. The Morgan fingerprint density at radius 1 is 0.810 bits per heavy atom. The number of para-hydroxylation sites is 2. The van der Waals surface area contributed by atoms with E-state index in [1.807, 2.05) is 61.5 Å². The Labute approximate surface area is 247 Å². The summed E-state index contributed by atoms with van der Waals surface area (Å²) in [6, 6.07) is 20.8. The second-order valence-corrected chi connectivity index (χ2v) is 10.5. The molecule has 0 saturated carbocycles. The third-order valence-corrected chi connectivity index (χ3v) is 7.67. The molecule has 3 N–H and O–H groups in total. The molecule has 3 aromatic rings. The summed E-state index contributed by atoms with van der Waals surface area (Å²) in [6.45, 7) is 9.53. The molecule has 2 heterocycles. The van der Waals surface area contributed by atoms with Crippen LogP contribution in [0, 0.1) is 6.92 Å². The zero-order chi connectivity index (χ0) is 29.3. The van der Waals surface area contributed by atoms with Crippen molar-refractivity contribution in [2.24, 2.45) is 0 Å². The largest absolute Gasteiger partial charge is 0.495 e. The number of piperazine rings is 1. The Morgan fingerprint density at radius 3 is 2.17 bits per heavy atom. The molecular weight excluding hydrogens is 532 g/mol. The Bertz CT molecular complexity index is 1350. The van der Waals surface area contributed by atoms with E-state index in [1.54, 1.807) is 13.2 Å². The van der Waals surface area contributed by atoms with Crippen LogP contribution in [-0.2, 0) is 4.74 Å². The first-order valence-corrected chi connectivity index (χ1v) is 14.5. The lowest BCUT2D eigenvalue weighted by Gasteiger charge is -2.38. The maximum atomic E-state index is 13.5. The van der Waals surface area contributed by atoms with E-state index in [1.165, 1.54) is 0 Å². The Kier molecular flexibility index (Phi) is 9.78. The van der Waals surface area contributed by atoms with Crippen molar-refractivity contribution in [3.8, 4) is 5.75 Å². The van der Waals surface area contributed by atoms with Crippen LogP contribution in [0.2, 0.25) is 0 Å². The van der Waals surface area contributed by atoms with Gasteiger partial charge in [0.15, 0.2) is 0 Å². The minimum Gasteiger partial charge on any atom is -0.495 e. The van der Waals surface area contributed by atoms with Gasteiger partial charge in [-0.05, 0) is 49.4 Å². The van der Waals surface area contributed by atoms with Crippen LogP contribution in [0.3, 0.4) is 0 Å². The Balaban J connectivity index is 1.29. The predicted octanol–water partition coefficient (Wildman–Crippen LogP) is 4.04. The molecule has 0 radical (unpaired) electrons. The van der Waals surface area contributed by atoms with E-state index in [2.05, 4.69) is 36.7 Å². The molecule has 10 heteroatoms. The Morgan fingerprint density at radius 2 is 1.45 bits per heavy atom. The van der Waals surface area contributed by atoms with E-state index in [0.29, 0.717) is 23.5 Å². The first-order chi connectivity index (χ1) is 20.5. The molecule has 3 amide bonds. The van der Waals surface area contributed by atoms with Crippen molar-refractivity contribution in [3.05, 3.63) is 77.9 Å². The van der Waals surface area contributed by atoms with Crippen LogP contribution in [0.4, 0.5) is 27.5 Å². The van der Waals surface area contributed by atoms with Crippen LogP contribution < -0.4 is 30.5 Å². The van der Waals surface area contributed by atoms with Crippen molar-refractivity contribution in [2.75, 3.05) is 93.1 Å². The van der Waals surface area contributed by atoms with Crippen molar-refractivity contribution in [3.63, 3.8) is 0 Å². The van der Waals surface area contributed by atoms with Crippen LogP contribution in [0.25, 0.3) is 0 Å². The number of nitrogens with one attached hydrogen (secondary N) is 3. The lowest BCUT2D eigenvalue weighted by molar-refractivity contribution is 0.0383. The maximum absolute atomic E-state index is 13.5. The van der Waals surface area contributed by atoms with Crippen molar-refractivity contribution in [2.45, 2.75) is 6.92 Å². The highest BCUT2D eigenvalue weighted by Crippen LogP contribution is 2.31. The van der Waals surface area contributed by atoms with Gasteiger partial charge in [0.05, 0.1) is 31.6 Å². The highest BCUT2D eigenvalue weighted by Gasteiger charge is 2.24. The number of amides is 3. The van der Waals surface area contributed by atoms with Gasteiger partial charge in [-0.3, -0.25) is 9.69 Å². The van der Waals surface area contributed by atoms with Crippen LogP contribution in [-0.4, -0.2) is 89.5 Å². The standard InChI is InChI=1S/C32H40N6O4/c1-24-7-9-25(10-8-24)34-32(40)35-26-11-12-28(27(23-26)31(39)33-13-14-36-19-21-42-22-20-36)37-15-17-38(18-16-37)29-5-3-4-6-30(29)41-2/h3-12,23H,13-22H2,1-2H3,(H,33,39)(H2,34,35,40). The lowest BCUT2D eigenvalue weighted by Crippen LogP contribution is -2.47. The highest BCUT2D eigenvalue weighted by atomic mass is 16.5. The summed E-state index contributed by atoms with van der Waals surface area (Å²) in [7, 11) is 1.69. The smallest absolute Gasteiger partial charge is 0.323 e. The topological polar surface area (TPSA) is 98.4 Å². The number of nitrogens with zero attached hydrogens (tertiary/aromatic N) is 3. The molecule has 0 bridgehead atoms. The van der Waals surface area contributed by atoms with E-state index in [0.717, 1.165) is 81.7 Å². The first-order valence-electron chi connectivity index (χ1n) is 14.5. The minimum absolute atomic E-state index is 0.159. The van der Waals surface area contributed by atoms with Gasteiger partial charge >= 0.3 is 6.03 Å². The summed E-state index contributed by atoms with van der Waals surface area (Å²) >= 11 is 0. The number of carbonyl (C=O) groups is 2. The zero-order valence-electron chi connectivity index (χ0n) is 24.4. The molecule has 42 heavy (non-hydrogen) atoms. The quantitative estimate of drug-likeness (QED) is 0.356. The number of carbonyl (C=O) groups excluding carboxylic acids is 2. The molecule has 2 aliphatic rings. The summed E-state index contributed by atoms with van der Waals surface area (Å²) in [6.07, 6.45) is 0. The van der Waals surface area contributed by atoms with Crippen molar-refractivity contribution in [1.29, 1.82) is 0 Å². The molecule has 0 unspecified atom stereocenters. The van der Waals surface area contributed by atoms with Gasteiger partial charge in [-0.25, -0.2) is 4.79 Å². The molecule has 0 atom stereocenters. The molecule has 2 aliphatic heterocycles. The van der Waals surface area contributed by atoms with E-state index >= 15 is 0 Å². The van der Waals surface area contributed by atoms with Gasteiger partial charge < -0.3 is 35.2 Å². The second-order valence-electron chi connectivity index (χ2n) is 10.5. The predicted molar refractivity (Wildman–Crippen MR) is 167 cm³/mol. The van der Waals surface area contributed by atoms with Gasteiger partial charge in [0.25, 0.3) is 5.91 Å². The van der Waals surface area contributed by atoms with Gasteiger partial charge in [0.2, 0.25) is 0 Å². The number of methoxy groups -OCH3 is 1. The number of morpholine rings is 1. The number of aryl methyl sites for hydroxylation is 1. The van der Waals surface area contributed by atoms with Crippen LogP contribution in [0.1, 0.15) is 15.9 Å². The maximum Gasteiger partial charge on any atom is 0.323 e. The molecule has 0 spiro atoms. The van der Waals surface area contributed by atoms with Crippen molar-refractivity contribution >= 4 is 34.7 Å². The third-order valence-electron chi connectivity index (χ3n) is 7.67. The lowest BCUT2D eigenvalue weighted by atomic mass is 10.1. The van der Waals surface area contributed by atoms with Gasteiger partial charge in [0.1, 0.15) is 5.75 Å². The summed E-state index contributed by atoms with van der Waals surface area (Å²) < 4.78 is 11.0. The number of ether oxygens (including phenoxy) is 2. The average molecular weight is 573 g/mol. The van der Waals surface area contributed by atoms with Crippen molar-refractivity contribution in [1.82, 2.24) is 10.2 Å². The molecule has 10 nitrogen and oxygen atoms in total. The van der Waals surface area contributed by atoms with Gasteiger partial charge in [-0.1, -0.05) is 29.8 Å². The third kappa shape index (κ3) is 7.51. The van der Waals surface area contributed by atoms with E-state index < -0.39 is 0 Å². The molecule has 2 fully saturated rings. The number of urea groups is 1. The average Bonchev–Trinajstić information content (AvgIpc) is 3.02. The van der Waals surface area contributed by atoms with Gasteiger partial charge in [0, 0.05) is 69.4 Å². The monoisotopic (exact) mass is 572 g/mol. The fourth-order valence-corrected chi connectivity index (χ4v) is 5.33. The first kappa shape index (κ1) is 29.2. The molecule has 0 aliphatic carbocycles. The molecule has 2 saturated heterocycles. The summed E-state index contributed by atoms with van der Waals surface area (Å²) in [5.74, 6) is 0.693.